The van der Waals surface area contributed by atoms with Gasteiger partial charge in [-0.15, -0.1) is 0 Å². The zero-order valence-electron chi connectivity index (χ0n) is 17.6. The molecule has 1 heterocycles. The molecule has 0 radical (unpaired) electrons. The first-order valence-corrected chi connectivity index (χ1v) is 10.6. The Bertz CT molecular complexity index is 838. The smallest absolute Gasteiger partial charge is 0.191 e. The van der Waals surface area contributed by atoms with Crippen LogP contribution in [0, 0.1) is 6.92 Å². The maximum atomic E-state index is 6.16. The normalized spacial score (nSPS) is 16.5. The van der Waals surface area contributed by atoms with Crippen LogP contribution in [0.2, 0.25) is 5.02 Å². The Hall–Kier alpha value is -2.28. The molecular formula is C23H30ClN3O3. The van der Waals surface area contributed by atoms with Crippen LogP contribution in [0.3, 0.4) is 0 Å². The number of halogens is 1. The Kier molecular flexibility index (Phi) is 8.81. The van der Waals surface area contributed by atoms with Crippen LogP contribution in [0.5, 0.6) is 5.75 Å². The van der Waals surface area contributed by atoms with E-state index < -0.39 is 0 Å². The van der Waals surface area contributed by atoms with Gasteiger partial charge in [-0.05, 0) is 36.2 Å². The minimum absolute atomic E-state index is 0.125. The fraction of sp³-hybridized carbons (Fsp3) is 0.435. The summed E-state index contributed by atoms with van der Waals surface area (Å²) < 4.78 is 17.3. The molecule has 0 aromatic heterocycles. The average molecular weight is 432 g/mol. The van der Waals surface area contributed by atoms with Gasteiger partial charge in [0, 0.05) is 37.1 Å². The largest absolute Gasteiger partial charge is 0.488 e. The average Bonchev–Trinajstić information content (AvgIpc) is 3.24. The topological polar surface area (TPSA) is 64.1 Å². The van der Waals surface area contributed by atoms with Crippen LogP contribution in [0.4, 0.5) is 0 Å². The summed E-state index contributed by atoms with van der Waals surface area (Å²) in [5.41, 5.74) is 3.32. The van der Waals surface area contributed by atoms with Crippen molar-refractivity contribution in [2.45, 2.75) is 32.6 Å². The molecule has 0 aliphatic carbocycles. The predicted molar refractivity (Wildman–Crippen MR) is 120 cm³/mol. The summed E-state index contributed by atoms with van der Waals surface area (Å²) in [4.78, 5) is 4.28. The third-order valence-electron chi connectivity index (χ3n) is 4.77. The Labute approximate surface area is 183 Å². The molecule has 30 heavy (non-hydrogen) atoms. The Balaban J connectivity index is 1.42. The minimum Gasteiger partial charge on any atom is -0.488 e. The van der Waals surface area contributed by atoms with Gasteiger partial charge in [-0.2, -0.15) is 0 Å². The molecule has 0 spiro atoms. The van der Waals surface area contributed by atoms with Crippen molar-refractivity contribution in [3.05, 3.63) is 64.2 Å². The number of aryl methyl sites for hydroxylation is 1. The summed E-state index contributed by atoms with van der Waals surface area (Å²) in [5, 5.41) is 7.33. The molecule has 1 aliphatic rings. The highest BCUT2D eigenvalue weighted by Gasteiger charge is 2.18. The molecule has 2 aromatic carbocycles. The highest BCUT2D eigenvalue weighted by Crippen LogP contribution is 2.23. The van der Waals surface area contributed by atoms with Crippen molar-refractivity contribution in [1.29, 1.82) is 0 Å². The molecule has 7 heteroatoms. The van der Waals surface area contributed by atoms with Gasteiger partial charge >= 0.3 is 0 Å². The molecule has 2 N–H and O–H groups in total. The Morgan fingerprint density at radius 2 is 2.13 bits per heavy atom. The van der Waals surface area contributed by atoms with Crippen molar-refractivity contribution in [2.75, 3.05) is 33.4 Å². The van der Waals surface area contributed by atoms with E-state index in [9.17, 15) is 0 Å². The Morgan fingerprint density at radius 1 is 1.23 bits per heavy atom. The number of ether oxygens (including phenoxy) is 3. The lowest BCUT2D eigenvalue weighted by Gasteiger charge is -2.18. The van der Waals surface area contributed by atoms with E-state index >= 15 is 0 Å². The van der Waals surface area contributed by atoms with E-state index in [4.69, 9.17) is 25.8 Å². The second-order valence-corrected chi connectivity index (χ2v) is 7.69. The lowest BCUT2D eigenvalue weighted by atomic mass is 10.1. The Morgan fingerprint density at radius 3 is 2.90 bits per heavy atom. The molecule has 0 bridgehead atoms. The number of aliphatic imine (C=N–C) groups is 1. The van der Waals surface area contributed by atoms with E-state index in [1.165, 1.54) is 5.56 Å². The molecule has 2 aromatic rings. The third kappa shape index (κ3) is 7.20. The predicted octanol–water partition coefficient (Wildman–Crippen LogP) is 3.70. The molecular weight excluding hydrogens is 402 g/mol. The van der Waals surface area contributed by atoms with Gasteiger partial charge in [-0.25, -0.2) is 0 Å². The third-order valence-corrected chi connectivity index (χ3v) is 5.01. The summed E-state index contributed by atoms with van der Waals surface area (Å²) in [5.74, 6) is 1.62. The first-order valence-electron chi connectivity index (χ1n) is 10.2. The number of nitrogens with one attached hydrogen (secondary N) is 2. The van der Waals surface area contributed by atoms with Crippen LogP contribution in [0.1, 0.15) is 23.1 Å². The zero-order chi connectivity index (χ0) is 21.2. The first kappa shape index (κ1) is 22.4. The monoisotopic (exact) mass is 431 g/mol. The van der Waals surface area contributed by atoms with Crippen molar-refractivity contribution in [2.24, 2.45) is 4.99 Å². The summed E-state index contributed by atoms with van der Waals surface area (Å²) >= 11 is 5.99. The zero-order valence-corrected chi connectivity index (χ0v) is 18.4. The summed E-state index contributed by atoms with van der Waals surface area (Å²) in [6, 6.07) is 14.0. The first-order chi connectivity index (χ1) is 14.6. The van der Waals surface area contributed by atoms with E-state index in [1.807, 2.05) is 24.3 Å². The number of rotatable bonds is 9. The molecule has 162 valence electrons. The van der Waals surface area contributed by atoms with Crippen LogP contribution in [0.25, 0.3) is 0 Å². The van der Waals surface area contributed by atoms with Crippen LogP contribution in [0.15, 0.2) is 47.5 Å². The minimum atomic E-state index is 0.125. The van der Waals surface area contributed by atoms with Crippen LogP contribution < -0.4 is 15.4 Å². The van der Waals surface area contributed by atoms with Gasteiger partial charge in [0.2, 0.25) is 0 Å². The van der Waals surface area contributed by atoms with E-state index in [-0.39, 0.29) is 6.10 Å². The number of benzene rings is 2. The molecule has 1 unspecified atom stereocenters. The van der Waals surface area contributed by atoms with Gasteiger partial charge in [0.05, 0.1) is 26.4 Å². The van der Waals surface area contributed by atoms with Crippen molar-refractivity contribution in [3.63, 3.8) is 0 Å². The molecule has 6 nitrogen and oxygen atoms in total. The van der Waals surface area contributed by atoms with Crippen LogP contribution in [-0.4, -0.2) is 45.5 Å². The quantitative estimate of drug-likeness (QED) is 0.360. The molecule has 1 aliphatic heterocycles. The number of hydrogen-bond donors (Lipinski definition) is 2. The number of guanidine groups is 1. The van der Waals surface area contributed by atoms with Gasteiger partial charge < -0.3 is 24.8 Å². The maximum Gasteiger partial charge on any atom is 0.191 e. The van der Waals surface area contributed by atoms with Crippen LogP contribution in [-0.2, 0) is 22.6 Å². The van der Waals surface area contributed by atoms with E-state index in [1.54, 1.807) is 7.05 Å². The van der Waals surface area contributed by atoms with Crippen molar-refractivity contribution >= 4 is 17.6 Å². The van der Waals surface area contributed by atoms with Crippen LogP contribution >= 0.6 is 11.6 Å². The molecule has 1 saturated heterocycles. The second-order valence-electron chi connectivity index (χ2n) is 7.25. The highest BCUT2D eigenvalue weighted by atomic mass is 35.5. The fourth-order valence-corrected chi connectivity index (χ4v) is 3.37. The van der Waals surface area contributed by atoms with Gasteiger partial charge in [-0.3, -0.25) is 4.99 Å². The van der Waals surface area contributed by atoms with E-state index in [0.717, 1.165) is 40.9 Å². The van der Waals surface area contributed by atoms with Crippen molar-refractivity contribution in [1.82, 2.24) is 10.6 Å². The molecule has 3 rings (SSSR count). The molecule has 1 atom stereocenters. The highest BCUT2D eigenvalue weighted by molar-refractivity contribution is 6.30. The van der Waals surface area contributed by atoms with Gasteiger partial charge in [0.25, 0.3) is 0 Å². The van der Waals surface area contributed by atoms with E-state index in [0.29, 0.717) is 32.9 Å². The van der Waals surface area contributed by atoms with E-state index in [2.05, 4.69) is 40.7 Å². The number of hydrogen-bond acceptors (Lipinski definition) is 4. The van der Waals surface area contributed by atoms with Gasteiger partial charge in [0.1, 0.15) is 11.9 Å². The van der Waals surface area contributed by atoms with Crippen molar-refractivity contribution in [3.8, 4) is 5.75 Å². The second kappa shape index (κ2) is 11.8. The molecule has 1 fully saturated rings. The lowest BCUT2D eigenvalue weighted by molar-refractivity contribution is 0.125. The molecule has 0 saturated carbocycles. The molecule has 0 amide bonds. The number of nitrogens with zero attached hydrogens (tertiary/aromatic N) is 1. The van der Waals surface area contributed by atoms with Gasteiger partial charge in [-0.1, -0.05) is 35.9 Å². The maximum absolute atomic E-state index is 6.16. The fourth-order valence-electron chi connectivity index (χ4n) is 3.16. The SMILES string of the molecule is CN=C(NCCOCc1cccc(Cl)c1)NCc1ccc(C)cc1OC1CCOC1. The van der Waals surface area contributed by atoms with Gasteiger partial charge in [0.15, 0.2) is 5.96 Å². The summed E-state index contributed by atoms with van der Waals surface area (Å²) in [6.07, 6.45) is 1.05. The standard InChI is InChI=1S/C23H30ClN3O3/c1-17-6-7-19(22(12-17)30-21-8-10-28-16-21)14-27-23(25-2)26-9-11-29-15-18-4-3-5-20(24)13-18/h3-7,12-13,21H,8-11,14-16H2,1-2H3,(H2,25,26,27). The summed E-state index contributed by atoms with van der Waals surface area (Å²) in [7, 11) is 1.75. The lowest BCUT2D eigenvalue weighted by Crippen LogP contribution is -2.38. The summed E-state index contributed by atoms with van der Waals surface area (Å²) in [6.45, 7) is 5.85. The van der Waals surface area contributed by atoms with Crippen molar-refractivity contribution < 1.29 is 14.2 Å².